The molecule has 0 saturated carbocycles. The third kappa shape index (κ3) is 2.81. The van der Waals surface area contributed by atoms with Crippen LogP contribution in [0.25, 0.3) is 0 Å². The fourth-order valence-electron chi connectivity index (χ4n) is 0.734. The summed E-state index contributed by atoms with van der Waals surface area (Å²) in [6.45, 7) is 1.77. The molecule has 12 heavy (non-hydrogen) atoms. The quantitative estimate of drug-likeness (QED) is 0.471. The normalized spacial score (nSPS) is 9.50. The predicted molar refractivity (Wildman–Crippen MR) is 55.1 cm³/mol. The molecule has 0 aliphatic carbocycles. The Labute approximate surface area is 85.1 Å². The maximum Gasteiger partial charge on any atom is 0.310 e. The molecule has 0 heterocycles. The summed E-state index contributed by atoms with van der Waals surface area (Å²) in [6.07, 6.45) is 0.408. The molecular weight excluding hydrogens is 267 g/mol. The number of halogens is 1. The molecule has 1 aromatic rings. The molecular formula is C9H9IO2. The second-order valence-corrected chi connectivity index (χ2v) is 3.53. The molecule has 0 fully saturated rings. The Kier molecular flexibility index (Phi) is 3.52. The van der Waals surface area contributed by atoms with Crippen molar-refractivity contribution >= 4 is 28.6 Å². The van der Waals surface area contributed by atoms with Crippen molar-refractivity contribution in [3.05, 3.63) is 27.8 Å². The van der Waals surface area contributed by atoms with Crippen LogP contribution >= 0.6 is 22.6 Å². The average Bonchev–Trinajstić information content (AvgIpc) is 2.04. The van der Waals surface area contributed by atoms with Gasteiger partial charge in [0.1, 0.15) is 5.75 Å². The molecule has 1 aromatic carbocycles. The summed E-state index contributed by atoms with van der Waals surface area (Å²) in [6, 6.07) is 7.41. The Bertz CT molecular complexity index is 284. The van der Waals surface area contributed by atoms with Gasteiger partial charge in [0, 0.05) is 9.99 Å². The summed E-state index contributed by atoms with van der Waals surface area (Å²) >= 11 is 2.17. The highest BCUT2D eigenvalue weighted by Gasteiger charge is 2.00. The lowest BCUT2D eigenvalue weighted by Gasteiger charge is -2.01. The van der Waals surface area contributed by atoms with Crippen LogP contribution in [0.1, 0.15) is 13.3 Å². The van der Waals surface area contributed by atoms with E-state index >= 15 is 0 Å². The van der Waals surface area contributed by atoms with Crippen LogP contribution in [0.2, 0.25) is 0 Å². The zero-order valence-electron chi connectivity index (χ0n) is 6.71. The lowest BCUT2D eigenvalue weighted by Crippen LogP contribution is -2.05. The van der Waals surface area contributed by atoms with Gasteiger partial charge >= 0.3 is 5.97 Å². The maximum atomic E-state index is 10.9. The number of benzene rings is 1. The predicted octanol–water partition coefficient (Wildman–Crippen LogP) is 2.61. The fourth-order valence-corrected chi connectivity index (χ4v) is 1.25. The van der Waals surface area contributed by atoms with Gasteiger partial charge in [0.05, 0.1) is 0 Å². The largest absolute Gasteiger partial charge is 0.426 e. The molecule has 3 heteroatoms. The molecule has 0 aromatic heterocycles. The van der Waals surface area contributed by atoms with Gasteiger partial charge in [0.25, 0.3) is 0 Å². The number of rotatable bonds is 2. The number of hydrogen-bond donors (Lipinski definition) is 0. The van der Waals surface area contributed by atoms with Crippen molar-refractivity contribution in [3.8, 4) is 5.75 Å². The van der Waals surface area contributed by atoms with Crippen LogP contribution in [-0.2, 0) is 4.79 Å². The van der Waals surface area contributed by atoms with E-state index in [4.69, 9.17) is 4.74 Å². The van der Waals surface area contributed by atoms with E-state index in [9.17, 15) is 4.79 Å². The Morgan fingerprint density at radius 2 is 2.33 bits per heavy atom. The first-order chi connectivity index (χ1) is 5.72. The van der Waals surface area contributed by atoms with Gasteiger partial charge in [0.15, 0.2) is 0 Å². The standard InChI is InChI=1S/C9H9IO2/c1-2-9(11)12-8-5-3-4-7(10)6-8/h3-6H,2H2,1H3. The first kappa shape index (κ1) is 9.51. The highest BCUT2D eigenvalue weighted by Crippen LogP contribution is 2.14. The lowest BCUT2D eigenvalue weighted by molar-refractivity contribution is -0.134. The highest BCUT2D eigenvalue weighted by molar-refractivity contribution is 14.1. The van der Waals surface area contributed by atoms with E-state index < -0.39 is 0 Å². The Balaban J connectivity index is 2.69. The summed E-state index contributed by atoms with van der Waals surface area (Å²) in [5.41, 5.74) is 0. The van der Waals surface area contributed by atoms with E-state index in [-0.39, 0.29) is 5.97 Å². The van der Waals surface area contributed by atoms with Gasteiger partial charge in [-0.2, -0.15) is 0 Å². The van der Waals surface area contributed by atoms with Crippen molar-refractivity contribution in [3.63, 3.8) is 0 Å². The minimum atomic E-state index is -0.197. The van der Waals surface area contributed by atoms with Crippen molar-refractivity contribution in [1.29, 1.82) is 0 Å². The molecule has 0 spiro atoms. The average molecular weight is 276 g/mol. The Hall–Kier alpha value is -0.580. The molecule has 0 unspecified atom stereocenters. The SMILES string of the molecule is CCC(=O)Oc1cccc(I)c1. The van der Waals surface area contributed by atoms with Gasteiger partial charge in [0.2, 0.25) is 0 Å². The zero-order valence-corrected chi connectivity index (χ0v) is 8.87. The molecule has 2 nitrogen and oxygen atoms in total. The van der Waals surface area contributed by atoms with Crippen molar-refractivity contribution in [1.82, 2.24) is 0 Å². The van der Waals surface area contributed by atoms with Crippen LogP contribution < -0.4 is 4.74 Å². The molecule has 0 atom stereocenters. The first-order valence-corrected chi connectivity index (χ1v) is 4.76. The minimum absolute atomic E-state index is 0.197. The summed E-state index contributed by atoms with van der Waals surface area (Å²) in [5.74, 6) is 0.422. The second-order valence-electron chi connectivity index (χ2n) is 2.28. The van der Waals surface area contributed by atoms with Crippen LogP contribution in [0.4, 0.5) is 0 Å². The smallest absolute Gasteiger partial charge is 0.310 e. The van der Waals surface area contributed by atoms with Crippen LogP contribution in [0, 0.1) is 3.57 Å². The van der Waals surface area contributed by atoms with Crippen LogP contribution in [0.3, 0.4) is 0 Å². The molecule has 0 N–H and O–H groups in total. The van der Waals surface area contributed by atoms with Gasteiger partial charge in [-0.15, -0.1) is 0 Å². The van der Waals surface area contributed by atoms with Crippen LogP contribution in [-0.4, -0.2) is 5.97 Å². The lowest BCUT2D eigenvalue weighted by atomic mass is 10.3. The van der Waals surface area contributed by atoms with E-state index in [0.717, 1.165) is 3.57 Å². The number of carbonyl (C=O) groups is 1. The van der Waals surface area contributed by atoms with Crippen molar-refractivity contribution < 1.29 is 9.53 Å². The molecule has 0 aliphatic heterocycles. The van der Waals surface area contributed by atoms with Crippen LogP contribution in [0.15, 0.2) is 24.3 Å². The molecule has 64 valence electrons. The summed E-state index contributed by atoms with van der Waals surface area (Å²) < 4.78 is 6.06. The summed E-state index contributed by atoms with van der Waals surface area (Å²) in [4.78, 5) is 10.9. The Morgan fingerprint density at radius 3 is 2.92 bits per heavy atom. The molecule has 0 bridgehead atoms. The molecule has 0 radical (unpaired) electrons. The van der Waals surface area contributed by atoms with E-state index in [2.05, 4.69) is 22.6 Å². The summed E-state index contributed by atoms with van der Waals surface area (Å²) in [5, 5.41) is 0. The second kappa shape index (κ2) is 4.45. The van der Waals surface area contributed by atoms with E-state index in [0.29, 0.717) is 12.2 Å². The molecule has 0 saturated heterocycles. The molecule has 0 amide bonds. The summed E-state index contributed by atoms with van der Waals surface area (Å²) in [7, 11) is 0. The van der Waals surface area contributed by atoms with Gasteiger partial charge in [-0.1, -0.05) is 13.0 Å². The Morgan fingerprint density at radius 1 is 1.58 bits per heavy atom. The number of ether oxygens (including phenoxy) is 1. The zero-order chi connectivity index (χ0) is 8.97. The van der Waals surface area contributed by atoms with E-state index in [1.54, 1.807) is 13.0 Å². The number of esters is 1. The highest BCUT2D eigenvalue weighted by atomic mass is 127. The minimum Gasteiger partial charge on any atom is -0.426 e. The van der Waals surface area contributed by atoms with E-state index in [1.807, 2.05) is 18.2 Å². The van der Waals surface area contributed by atoms with Gasteiger partial charge in [-0.25, -0.2) is 0 Å². The third-order valence-electron chi connectivity index (χ3n) is 1.32. The fraction of sp³-hybridized carbons (Fsp3) is 0.222. The monoisotopic (exact) mass is 276 g/mol. The first-order valence-electron chi connectivity index (χ1n) is 3.68. The van der Waals surface area contributed by atoms with E-state index in [1.165, 1.54) is 0 Å². The third-order valence-corrected chi connectivity index (χ3v) is 1.99. The molecule has 0 aliphatic rings. The molecule has 1 rings (SSSR count). The number of carbonyl (C=O) groups excluding carboxylic acids is 1. The topological polar surface area (TPSA) is 26.3 Å². The van der Waals surface area contributed by atoms with Crippen molar-refractivity contribution in [2.75, 3.05) is 0 Å². The number of hydrogen-bond acceptors (Lipinski definition) is 2. The van der Waals surface area contributed by atoms with Crippen molar-refractivity contribution in [2.45, 2.75) is 13.3 Å². The van der Waals surface area contributed by atoms with Crippen molar-refractivity contribution in [2.24, 2.45) is 0 Å². The van der Waals surface area contributed by atoms with Gasteiger partial charge in [-0.3, -0.25) is 4.79 Å². The maximum absolute atomic E-state index is 10.9. The van der Waals surface area contributed by atoms with Gasteiger partial charge < -0.3 is 4.74 Å². The van der Waals surface area contributed by atoms with Crippen LogP contribution in [0.5, 0.6) is 5.75 Å². The van der Waals surface area contributed by atoms with Gasteiger partial charge in [-0.05, 0) is 40.8 Å².